The number of hydrogen-bond donors (Lipinski definition) is 0. The van der Waals surface area contributed by atoms with Gasteiger partial charge in [-0.1, -0.05) is 0 Å². The number of benzene rings is 1. The summed E-state index contributed by atoms with van der Waals surface area (Å²) in [6.07, 6.45) is 3.70. The van der Waals surface area contributed by atoms with Crippen LogP contribution in [0.3, 0.4) is 0 Å². The van der Waals surface area contributed by atoms with Crippen LogP contribution in [-0.4, -0.2) is 35.4 Å². The quantitative estimate of drug-likeness (QED) is 0.482. The van der Waals surface area contributed by atoms with Crippen LogP contribution in [0.15, 0.2) is 12.1 Å². The van der Waals surface area contributed by atoms with Crippen molar-refractivity contribution in [1.82, 2.24) is 0 Å². The lowest BCUT2D eigenvalue weighted by Crippen LogP contribution is -2.30. The summed E-state index contributed by atoms with van der Waals surface area (Å²) in [6.45, 7) is 17.5. The molecule has 0 bridgehead atoms. The second kappa shape index (κ2) is 8.14. The van der Waals surface area contributed by atoms with Crippen LogP contribution < -0.4 is 9.47 Å². The van der Waals surface area contributed by atoms with E-state index in [1.165, 1.54) is 6.08 Å². The minimum absolute atomic E-state index is 0.329. The molecule has 2 atom stereocenters. The smallest absolute Gasteiger partial charge is 0.331 e. The summed E-state index contributed by atoms with van der Waals surface area (Å²) in [4.78, 5) is 12.3. The summed E-state index contributed by atoms with van der Waals surface area (Å²) >= 11 is 0. The Morgan fingerprint density at radius 3 is 1.68 bits per heavy atom. The van der Waals surface area contributed by atoms with Gasteiger partial charge < -0.3 is 23.7 Å². The third kappa shape index (κ3) is 6.47. The second-order valence-electron chi connectivity index (χ2n) is 11.1. The molecule has 2 aliphatic rings. The molecule has 0 amide bonds. The van der Waals surface area contributed by atoms with Gasteiger partial charge in [0.1, 0.15) is 17.1 Å². The molecule has 2 unspecified atom stereocenters. The second-order valence-corrected chi connectivity index (χ2v) is 11.1. The lowest BCUT2D eigenvalue weighted by Gasteiger charge is -2.24. The Morgan fingerprint density at radius 2 is 1.29 bits per heavy atom. The van der Waals surface area contributed by atoms with E-state index < -0.39 is 5.60 Å². The van der Waals surface area contributed by atoms with E-state index in [2.05, 4.69) is 0 Å². The highest BCUT2D eigenvalue weighted by atomic mass is 16.7. The molecule has 6 heteroatoms. The minimum Gasteiger partial charge on any atom is -0.464 e. The molecule has 6 nitrogen and oxygen atoms in total. The number of carbonyl (C=O) groups is 1. The fraction of sp³-hybridized carbons (Fsp3) is 0.640. The number of ether oxygens (including phenoxy) is 5. The number of fused-ring (bicyclic) bond motifs is 2. The Morgan fingerprint density at radius 1 is 0.839 bits per heavy atom. The summed E-state index contributed by atoms with van der Waals surface area (Å²) in [5.74, 6) is 1.04. The molecule has 172 valence electrons. The van der Waals surface area contributed by atoms with E-state index in [9.17, 15) is 4.79 Å². The van der Waals surface area contributed by atoms with Gasteiger partial charge in [0.15, 0.2) is 0 Å². The van der Waals surface area contributed by atoms with E-state index in [1.807, 2.05) is 68.4 Å². The van der Waals surface area contributed by atoms with E-state index in [1.54, 1.807) is 6.08 Å². The fourth-order valence-corrected chi connectivity index (χ4v) is 3.68. The topological polar surface area (TPSA) is 63.2 Å². The number of hydrogen-bond acceptors (Lipinski definition) is 6. The maximum atomic E-state index is 12.3. The van der Waals surface area contributed by atoms with Gasteiger partial charge in [0.25, 0.3) is 0 Å². The first-order valence-electron chi connectivity index (χ1n) is 10.9. The SMILES string of the molecule is CC(C)(C)OC(=O)/C=C/c1c2c(cc3c1CC(OC(C)(C)C)O3)OC(OC(C)(C)C)C2. The van der Waals surface area contributed by atoms with Gasteiger partial charge in [0.2, 0.25) is 12.6 Å². The molecule has 2 aliphatic heterocycles. The molecule has 2 heterocycles. The van der Waals surface area contributed by atoms with Gasteiger partial charge in [-0.2, -0.15) is 0 Å². The molecule has 1 aromatic carbocycles. The molecule has 0 spiro atoms. The predicted octanol–water partition coefficient (Wildman–Crippen LogP) is 5.19. The molecule has 0 fully saturated rings. The van der Waals surface area contributed by atoms with Crippen LogP contribution in [0.4, 0.5) is 0 Å². The molecule has 1 aromatic rings. The summed E-state index contributed by atoms with van der Waals surface area (Å²) in [6, 6.07) is 1.91. The summed E-state index contributed by atoms with van der Waals surface area (Å²) in [7, 11) is 0. The third-order valence-electron chi connectivity index (χ3n) is 4.53. The molecular formula is C25H36O6. The largest absolute Gasteiger partial charge is 0.464 e. The molecule has 0 aromatic heterocycles. The van der Waals surface area contributed by atoms with Crippen LogP contribution in [0.2, 0.25) is 0 Å². The number of carbonyl (C=O) groups excluding carboxylic acids is 1. The van der Waals surface area contributed by atoms with Crippen molar-refractivity contribution in [3.05, 3.63) is 28.8 Å². The van der Waals surface area contributed by atoms with Crippen LogP contribution in [-0.2, 0) is 31.8 Å². The van der Waals surface area contributed by atoms with Gasteiger partial charge in [-0.05, 0) is 74.0 Å². The molecule has 31 heavy (non-hydrogen) atoms. The maximum Gasteiger partial charge on any atom is 0.331 e. The molecule has 3 rings (SSSR count). The Hall–Kier alpha value is -2.05. The first kappa shape index (κ1) is 23.6. The van der Waals surface area contributed by atoms with Crippen molar-refractivity contribution >= 4 is 12.0 Å². The van der Waals surface area contributed by atoms with E-state index in [0.717, 1.165) is 16.7 Å². The first-order chi connectivity index (χ1) is 14.1. The van der Waals surface area contributed by atoms with Crippen molar-refractivity contribution in [2.24, 2.45) is 0 Å². The van der Waals surface area contributed by atoms with Gasteiger partial charge in [0.05, 0.1) is 11.2 Å². The van der Waals surface area contributed by atoms with E-state index in [0.29, 0.717) is 24.3 Å². The van der Waals surface area contributed by atoms with Crippen LogP contribution in [0, 0.1) is 0 Å². The van der Waals surface area contributed by atoms with Crippen LogP contribution in [0.5, 0.6) is 11.5 Å². The zero-order valence-corrected chi connectivity index (χ0v) is 20.3. The van der Waals surface area contributed by atoms with E-state index in [4.69, 9.17) is 23.7 Å². The highest BCUT2D eigenvalue weighted by molar-refractivity contribution is 5.88. The third-order valence-corrected chi connectivity index (χ3v) is 4.53. The van der Waals surface area contributed by atoms with Crippen LogP contribution in [0.1, 0.15) is 79.0 Å². The minimum atomic E-state index is -0.550. The Bertz CT molecular complexity index is 814. The summed E-state index contributed by atoms with van der Waals surface area (Å²) in [5.41, 5.74) is 1.72. The Labute approximate surface area is 185 Å². The normalized spacial score (nSPS) is 20.9. The fourth-order valence-electron chi connectivity index (χ4n) is 3.68. The van der Waals surface area contributed by atoms with Crippen molar-refractivity contribution in [2.75, 3.05) is 0 Å². The van der Waals surface area contributed by atoms with Gasteiger partial charge in [-0.3, -0.25) is 0 Å². The molecule has 0 N–H and O–H groups in total. The van der Waals surface area contributed by atoms with Crippen molar-refractivity contribution in [1.29, 1.82) is 0 Å². The standard InChI is InChI=1S/C25H36O6/c1-23(2,3)29-20(26)11-10-15-16-12-21(30-24(4,5)6)27-18(16)14-19-17(15)13-22(28-19)31-25(7,8)9/h10-11,14,21-22H,12-13H2,1-9H3/b11-10+. The maximum absolute atomic E-state index is 12.3. The summed E-state index contributed by atoms with van der Waals surface area (Å²) < 4.78 is 29.7. The van der Waals surface area contributed by atoms with Crippen molar-refractivity contribution in [2.45, 2.75) is 105 Å². The average Bonchev–Trinajstić information content (AvgIpc) is 3.08. The van der Waals surface area contributed by atoms with Crippen molar-refractivity contribution in [3.8, 4) is 11.5 Å². The van der Waals surface area contributed by atoms with Crippen LogP contribution in [0.25, 0.3) is 6.08 Å². The Kier molecular flexibility index (Phi) is 6.20. The van der Waals surface area contributed by atoms with Crippen molar-refractivity contribution < 1.29 is 28.5 Å². The first-order valence-corrected chi connectivity index (χ1v) is 10.9. The molecule has 0 aliphatic carbocycles. The Balaban J connectivity index is 1.92. The van der Waals surface area contributed by atoms with Gasteiger partial charge in [-0.25, -0.2) is 4.79 Å². The van der Waals surface area contributed by atoms with Gasteiger partial charge in [-0.15, -0.1) is 0 Å². The molecule has 0 saturated carbocycles. The number of rotatable bonds is 4. The van der Waals surface area contributed by atoms with E-state index in [-0.39, 0.29) is 29.8 Å². The van der Waals surface area contributed by atoms with Crippen LogP contribution >= 0.6 is 0 Å². The van der Waals surface area contributed by atoms with Gasteiger partial charge >= 0.3 is 5.97 Å². The van der Waals surface area contributed by atoms with E-state index >= 15 is 0 Å². The number of esters is 1. The highest BCUT2D eigenvalue weighted by Crippen LogP contribution is 2.44. The van der Waals surface area contributed by atoms with Crippen molar-refractivity contribution in [3.63, 3.8) is 0 Å². The predicted molar refractivity (Wildman–Crippen MR) is 119 cm³/mol. The molecule has 0 radical (unpaired) electrons. The van der Waals surface area contributed by atoms with Gasteiger partial charge in [0, 0.05) is 36.1 Å². The zero-order valence-electron chi connectivity index (χ0n) is 20.3. The molecule has 0 saturated heterocycles. The highest BCUT2D eigenvalue weighted by Gasteiger charge is 2.36. The average molecular weight is 433 g/mol. The molecular weight excluding hydrogens is 396 g/mol. The zero-order chi connectivity index (χ0) is 23.2. The lowest BCUT2D eigenvalue weighted by molar-refractivity contribution is -0.148. The monoisotopic (exact) mass is 432 g/mol. The summed E-state index contributed by atoms with van der Waals surface area (Å²) in [5, 5.41) is 0. The lowest BCUT2D eigenvalue weighted by atomic mass is 9.96.